The third-order valence-corrected chi connectivity index (χ3v) is 2.80. The van der Waals surface area contributed by atoms with Crippen LogP contribution in [0.3, 0.4) is 0 Å². The molecule has 1 heteroatoms. The third-order valence-electron chi connectivity index (χ3n) is 2.80. The first-order valence-electron chi connectivity index (χ1n) is 5.39. The van der Waals surface area contributed by atoms with Crippen molar-refractivity contribution in [3.05, 3.63) is 11.6 Å². The SMILES string of the molecule is CCC[C@@H]1CC=C(CC(C)C=O)C1. The molecule has 1 aliphatic carbocycles. The maximum Gasteiger partial charge on any atom is 0.123 e. The van der Waals surface area contributed by atoms with Crippen molar-refractivity contribution in [2.75, 3.05) is 0 Å². The maximum absolute atomic E-state index is 10.5. The minimum Gasteiger partial charge on any atom is -0.303 e. The average Bonchev–Trinajstić information content (AvgIpc) is 2.53. The van der Waals surface area contributed by atoms with Crippen molar-refractivity contribution >= 4 is 6.29 Å². The lowest BCUT2D eigenvalue weighted by Crippen LogP contribution is -1.99. The van der Waals surface area contributed by atoms with Gasteiger partial charge in [-0.15, -0.1) is 0 Å². The zero-order valence-electron chi connectivity index (χ0n) is 8.75. The van der Waals surface area contributed by atoms with Crippen LogP contribution in [-0.4, -0.2) is 6.29 Å². The standard InChI is InChI=1S/C12H20O/c1-3-4-11-5-6-12(8-11)7-10(2)9-13/h6,9-11H,3-5,7-8H2,1-2H3/t10?,11-/m1/s1. The van der Waals surface area contributed by atoms with E-state index in [0.29, 0.717) is 0 Å². The van der Waals surface area contributed by atoms with Gasteiger partial charge >= 0.3 is 0 Å². The molecule has 1 nitrogen and oxygen atoms in total. The Balaban J connectivity index is 2.27. The summed E-state index contributed by atoms with van der Waals surface area (Å²) in [5.74, 6) is 1.09. The van der Waals surface area contributed by atoms with Gasteiger partial charge in [0.2, 0.25) is 0 Å². The molecule has 0 aromatic heterocycles. The summed E-state index contributed by atoms with van der Waals surface area (Å²) in [6.07, 6.45) is 9.52. The van der Waals surface area contributed by atoms with Crippen molar-refractivity contribution in [1.82, 2.24) is 0 Å². The highest BCUT2D eigenvalue weighted by Gasteiger charge is 2.17. The lowest BCUT2D eigenvalue weighted by molar-refractivity contribution is -0.110. The van der Waals surface area contributed by atoms with E-state index < -0.39 is 0 Å². The molecule has 0 N–H and O–H groups in total. The molecule has 0 amide bonds. The maximum atomic E-state index is 10.5. The van der Waals surface area contributed by atoms with Crippen LogP contribution < -0.4 is 0 Å². The zero-order chi connectivity index (χ0) is 9.68. The van der Waals surface area contributed by atoms with Crippen molar-refractivity contribution in [3.8, 4) is 0 Å². The van der Waals surface area contributed by atoms with Crippen molar-refractivity contribution in [3.63, 3.8) is 0 Å². The summed E-state index contributed by atoms with van der Waals surface area (Å²) in [5, 5.41) is 0. The Hall–Kier alpha value is -0.590. The molecule has 0 aromatic carbocycles. The van der Waals surface area contributed by atoms with Crippen LogP contribution in [0.1, 0.15) is 46.0 Å². The molecule has 1 aliphatic rings. The molecule has 1 unspecified atom stereocenters. The van der Waals surface area contributed by atoms with E-state index >= 15 is 0 Å². The van der Waals surface area contributed by atoms with E-state index in [1.807, 2.05) is 6.92 Å². The Morgan fingerprint density at radius 2 is 2.46 bits per heavy atom. The molecule has 0 spiro atoms. The van der Waals surface area contributed by atoms with Gasteiger partial charge in [0.1, 0.15) is 6.29 Å². The molecule has 13 heavy (non-hydrogen) atoms. The smallest absolute Gasteiger partial charge is 0.123 e. The summed E-state index contributed by atoms with van der Waals surface area (Å²) in [6.45, 7) is 4.24. The quantitative estimate of drug-likeness (QED) is 0.468. The molecular formula is C12H20O. The van der Waals surface area contributed by atoms with E-state index in [4.69, 9.17) is 0 Å². The van der Waals surface area contributed by atoms with Gasteiger partial charge in [0.25, 0.3) is 0 Å². The van der Waals surface area contributed by atoms with Gasteiger partial charge in [0, 0.05) is 5.92 Å². The van der Waals surface area contributed by atoms with Crippen LogP contribution in [0.4, 0.5) is 0 Å². The summed E-state index contributed by atoms with van der Waals surface area (Å²) in [5.41, 5.74) is 1.51. The van der Waals surface area contributed by atoms with Crippen LogP contribution in [0, 0.1) is 11.8 Å². The molecule has 0 fully saturated rings. The second-order valence-electron chi connectivity index (χ2n) is 4.27. The van der Waals surface area contributed by atoms with E-state index in [0.717, 1.165) is 18.6 Å². The molecule has 0 saturated heterocycles. The van der Waals surface area contributed by atoms with E-state index in [9.17, 15) is 4.79 Å². The van der Waals surface area contributed by atoms with E-state index in [-0.39, 0.29) is 5.92 Å². The fourth-order valence-electron chi connectivity index (χ4n) is 2.13. The predicted molar refractivity (Wildman–Crippen MR) is 55.6 cm³/mol. The number of carbonyl (C=O) groups excluding carboxylic acids is 1. The highest BCUT2D eigenvalue weighted by molar-refractivity contribution is 5.53. The molecule has 0 bridgehead atoms. The number of carbonyl (C=O) groups is 1. The van der Waals surface area contributed by atoms with Crippen LogP contribution >= 0.6 is 0 Å². The number of aldehydes is 1. The average molecular weight is 180 g/mol. The van der Waals surface area contributed by atoms with Crippen molar-refractivity contribution in [1.29, 1.82) is 0 Å². The molecule has 0 aromatic rings. The van der Waals surface area contributed by atoms with Gasteiger partial charge in [-0.05, 0) is 25.2 Å². The fourth-order valence-corrected chi connectivity index (χ4v) is 2.13. The number of hydrogen-bond acceptors (Lipinski definition) is 1. The molecule has 0 saturated carbocycles. The van der Waals surface area contributed by atoms with E-state index in [1.165, 1.54) is 31.3 Å². The second kappa shape index (κ2) is 5.21. The predicted octanol–water partition coefficient (Wildman–Crippen LogP) is 3.35. The molecule has 0 aliphatic heterocycles. The molecule has 0 heterocycles. The van der Waals surface area contributed by atoms with Gasteiger partial charge in [-0.25, -0.2) is 0 Å². The van der Waals surface area contributed by atoms with Crippen LogP contribution in [0.25, 0.3) is 0 Å². The molecular weight excluding hydrogens is 160 g/mol. The highest BCUT2D eigenvalue weighted by atomic mass is 16.1. The molecule has 1 rings (SSSR count). The first kappa shape index (κ1) is 10.5. The van der Waals surface area contributed by atoms with Gasteiger partial charge in [-0.1, -0.05) is 38.3 Å². The van der Waals surface area contributed by atoms with E-state index in [1.54, 1.807) is 0 Å². The van der Waals surface area contributed by atoms with Crippen molar-refractivity contribution in [2.24, 2.45) is 11.8 Å². The van der Waals surface area contributed by atoms with Crippen LogP contribution in [0.5, 0.6) is 0 Å². The highest BCUT2D eigenvalue weighted by Crippen LogP contribution is 2.31. The van der Waals surface area contributed by atoms with Gasteiger partial charge in [0.05, 0.1) is 0 Å². The second-order valence-corrected chi connectivity index (χ2v) is 4.27. The van der Waals surface area contributed by atoms with E-state index in [2.05, 4.69) is 13.0 Å². The monoisotopic (exact) mass is 180 g/mol. The Bertz CT molecular complexity index is 193. The third kappa shape index (κ3) is 3.33. The summed E-state index contributed by atoms with van der Waals surface area (Å²) in [4.78, 5) is 10.5. The Morgan fingerprint density at radius 3 is 3.08 bits per heavy atom. The van der Waals surface area contributed by atoms with Gasteiger partial charge in [0.15, 0.2) is 0 Å². The summed E-state index contributed by atoms with van der Waals surface area (Å²) >= 11 is 0. The number of hydrogen-bond donors (Lipinski definition) is 0. The summed E-state index contributed by atoms with van der Waals surface area (Å²) in [7, 11) is 0. The first-order chi connectivity index (χ1) is 6.26. The minimum atomic E-state index is 0.214. The molecule has 2 atom stereocenters. The topological polar surface area (TPSA) is 17.1 Å². The van der Waals surface area contributed by atoms with Crippen molar-refractivity contribution < 1.29 is 4.79 Å². The van der Waals surface area contributed by atoms with Crippen LogP contribution in [0.2, 0.25) is 0 Å². The Kier molecular flexibility index (Phi) is 4.20. The lowest BCUT2D eigenvalue weighted by atomic mass is 9.96. The number of allylic oxidation sites excluding steroid dienone is 2. The van der Waals surface area contributed by atoms with Crippen molar-refractivity contribution in [2.45, 2.75) is 46.0 Å². The largest absolute Gasteiger partial charge is 0.303 e. The lowest BCUT2D eigenvalue weighted by Gasteiger charge is -2.09. The van der Waals surface area contributed by atoms with Gasteiger partial charge in [-0.2, -0.15) is 0 Å². The fraction of sp³-hybridized carbons (Fsp3) is 0.750. The molecule has 0 radical (unpaired) electrons. The normalized spacial score (nSPS) is 24.2. The first-order valence-corrected chi connectivity index (χ1v) is 5.39. The van der Waals surface area contributed by atoms with Crippen LogP contribution in [0.15, 0.2) is 11.6 Å². The number of rotatable bonds is 5. The zero-order valence-corrected chi connectivity index (χ0v) is 8.75. The summed E-state index contributed by atoms with van der Waals surface area (Å²) in [6, 6.07) is 0. The van der Waals surface area contributed by atoms with Gasteiger partial charge < -0.3 is 4.79 Å². The molecule has 74 valence electrons. The van der Waals surface area contributed by atoms with Gasteiger partial charge in [-0.3, -0.25) is 0 Å². The Labute approximate surface area is 81.2 Å². The van der Waals surface area contributed by atoms with Crippen LogP contribution in [-0.2, 0) is 4.79 Å². The Morgan fingerprint density at radius 1 is 1.69 bits per heavy atom. The summed E-state index contributed by atoms with van der Waals surface area (Å²) < 4.78 is 0. The minimum absolute atomic E-state index is 0.214.